The molecule has 1 N–H and O–H groups in total. The molecule has 2 unspecified atom stereocenters. The number of rotatable bonds is 6. The van der Waals surface area contributed by atoms with E-state index in [1.807, 2.05) is 25.1 Å². The number of hydrogen-bond acceptors (Lipinski definition) is 4. The molecular weight excluding hydrogens is 342 g/mol. The smallest absolute Gasteiger partial charge is 0.243 e. The number of nitrogens with one attached hydrogen (secondary N) is 1. The van der Waals surface area contributed by atoms with Gasteiger partial charge in [0.25, 0.3) is 0 Å². The zero-order valence-corrected chi connectivity index (χ0v) is 16.4. The molecule has 0 aromatic heterocycles. The van der Waals surface area contributed by atoms with Crippen LogP contribution in [0.15, 0.2) is 24.3 Å². The van der Waals surface area contributed by atoms with Crippen molar-refractivity contribution in [2.24, 2.45) is 0 Å². The van der Waals surface area contributed by atoms with Crippen LogP contribution < -0.4 is 15.0 Å². The second kappa shape index (κ2) is 9.11. The van der Waals surface area contributed by atoms with Crippen LogP contribution >= 0.6 is 0 Å². The highest BCUT2D eigenvalue weighted by molar-refractivity contribution is 5.88. The summed E-state index contributed by atoms with van der Waals surface area (Å²) in [4.78, 5) is 29.3. The summed E-state index contributed by atoms with van der Waals surface area (Å²) in [6.07, 6.45) is 5.01. The van der Waals surface area contributed by atoms with Gasteiger partial charge in [-0.05, 0) is 44.2 Å². The molecular formula is C21H31N3O3. The standard InChI is InChI=1S/C21H31N3O3/c1-3-8-20(25)24-13-7-6-10-18(24)21(26)22-16-12-14-23(15-16)17-9-4-5-11-19(17)27-2/h4-5,9,11,16,18H,3,6-8,10,12-15H2,1-2H3,(H,22,26). The quantitative estimate of drug-likeness (QED) is 0.833. The Kier molecular flexibility index (Phi) is 6.58. The van der Waals surface area contributed by atoms with E-state index >= 15 is 0 Å². The number of piperidine rings is 1. The summed E-state index contributed by atoms with van der Waals surface area (Å²) < 4.78 is 5.46. The molecule has 0 saturated carbocycles. The number of anilines is 1. The summed E-state index contributed by atoms with van der Waals surface area (Å²) in [6, 6.07) is 7.77. The Hall–Kier alpha value is -2.24. The van der Waals surface area contributed by atoms with Gasteiger partial charge in [-0.2, -0.15) is 0 Å². The lowest BCUT2D eigenvalue weighted by Crippen LogP contribution is -2.54. The third-order valence-electron chi connectivity index (χ3n) is 5.55. The summed E-state index contributed by atoms with van der Waals surface area (Å²) >= 11 is 0. The molecule has 2 amide bonds. The maximum atomic E-state index is 12.9. The van der Waals surface area contributed by atoms with Crippen LogP contribution in [0.2, 0.25) is 0 Å². The first-order valence-electron chi connectivity index (χ1n) is 10.1. The van der Waals surface area contributed by atoms with E-state index in [9.17, 15) is 9.59 Å². The fourth-order valence-corrected chi connectivity index (χ4v) is 4.15. The molecule has 2 aliphatic rings. The fraction of sp³-hybridized carbons (Fsp3) is 0.619. The average molecular weight is 373 g/mol. The van der Waals surface area contributed by atoms with Crippen molar-refractivity contribution in [3.63, 3.8) is 0 Å². The van der Waals surface area contributed by atoms with Gasteiger partial charge in [0, 0.05) is 32.1 Å². The summed E-state index contributed by atoms with van der Waals surface area (Å²) in [6.45, 7) is 4.35. The molecule has 6 nitrogen and oxygen atoms in total. The van der Waals surface area contributed by atoms with E-state index in [1.165, 1.54) is 0 Å². The first-order chi connectivity index (χ1) is 13.1. The van der Waals surface area contributed by atoms with Gasteiger partial charge in [-0.3, -0.25) is 9.59 Å². The molecule has 1 aromatic rings. The van der Waals surface area contributed by atoms with Crippen molar-refractivity contribution in [1.29, 1.82) is 0 Å². The highest BCUT2D eigenvalue weighted by Crippen LogP contribution is 2.30. The van der Waals surface area contributed by atoms with Crippen LogP contribution in [0.5, 0.6) is 5.75 Å². The van der Waals surface area contributed by atoms with E-state index in [2.05, 4.69) is 16.3 Å². The Labute approximate surface area is 161 Å². The third-order valence-corrected chi connectivity index (χ3v) is 5.55. The highest BCUT2D eigenvalue weighted by atomic mass is 16.5. The second-order valence-electron chi connectivity index (χ2n) is 7.46. The molecule has 2 saturated heterocycles. The largest absolute Gasteiger partial charge is 0.495 e. The van der Waals surface area contributed by atoms with Crippen LogP contribution in [-0.4, -0.2) is 55.5 Å². The maximum Gasteiger partial charge on any atom is 0.243 e. The maximum absolute atomic E-state index is 12.9. The Morgan fingerprint density at radius 1 is 1.19 bits per heavy atom. The van der Waals surface area contributed by atoms with Gasteiger partial charge in [0.15, 0.2) is 0 Å². The molecule has 2 fully saturated rings. The SMILES string of the molecule is CCCC(=O)N1CCCCC1C(=O)NC1CCN(c2ccccc2OC)C1. The predicted octanol–water partition coefficient (Wildman–Crippen LogP) is 2.57. The number of benzene rings is 1. The van der Waals surface area contributed by atoms with E-state index in [-0.39, 0.29) is 23.9 Å². The van der Waals surface area contributed by atoms with Gasteiger partial charge in [0.05, 0.1) is 12.8 Å². The summed E-state index contributed by atoms with van der Waals surface area (Å²) in [7, 11) is 1.68. The Balaban J connectivity index is 1.60. The van der Waals surface area contributed by atoms with Crippen molar-refractivity contribution in [3.8, 4) is 5.75 Å². The number of ether oxygens (including phenoxy) is 1. The predicted molar refractivity (Wildman–Crippen MR) is 106 cm³/mol. The highest BCUT2D eigenvalue weighted by Gasteiger charge is 2.34. The van der Waals surface area contributed by atoms with Gasteiger partial charge in [-0.25, -0.2) is 0 Å². The molecule has 0 radical (unpaired) electrons. The van der Waals surface area contributed by atoms with Crippen molar-refractivity contribution in [2.75, 3.05) is 31.6 Å². The number of amides is 2. The van der Waals surface area contributed by atoms with Crippen LogP contribution in [0.25, 0.3) is 0 Å². The van der Waals surface area contributed by atoms with Crippen LogP contribution in [0.1, 0.15) is 45.4 Å². The Morgan fingerprint density at radius 2 is 2.00 bits per heavy atom. The molecule has 1 aromatic carbocycles. The minimum Gasteiger partial charge on any atom is -0.495 e. The number of hydrogen-bond donors (Lipinski definition) is 1. The van der Waals surface area contributed by atoms with E-state index in [1.54, 1.807) is 12.0 Å². The van der Waals surface area contributed by atoms with Crippen molar-refractivity contribution in [1.82, 2.24) is 10.2 Å². The average Bonchev–Trinajstić information content (AvgIpc) is 3.16. The molecule has 6 heteroatoms. The van der Waals surface area contributed by atoms with Crippen molar-refractivity contribution in [2.45, 2.75) is 57.5 Å². The number of nitrogens with zero attached hydrogens (tertiary/aromatic N) is 2. The topological polar surface area (TPSA) is 61.9 Å². The van der Waals surface area contributed by atoms with E-state index in [0.29, 0.717) is 13.0 Å². The van der Waals surface area contributed by atoms with Gasteiger partial charge in [0.1, 0.15) is 11.8 Å². The van der Waals surface area contributed by atoms with Gasteiger partial charge >= 0.3 is 0 Å². The molecule has 2 heterocycles. The first-order valence-corrected chi connectivity index (χ1v) is 10.1. The summed E-state index contributed by atoms with van der Waals surface area (Å²) in [5.74, 6) is 0.971. The number of methoxy groups -OCH3 is 1. The van der Waals surface area contributed by atoms with Crippen LogP contribution in [0.4, 0.5) is 5.69 Å². The molecule has 0 aliphatic carbocycles. The van der Waals surface area contributed by atoms with Crippen molar-refractivity contribution < 1.29 is 14.3 Å². The van der Waals surface area contributed by atoms with Gasteiger partial charge in [-0.15, -0.1) is 0 Å². The minimum atomic E-state index is -0.307. The molecule has 0 spiro atoms. The lowest BCUT2D eigenvalue weighted by Gasteiger charge is -2.35. The van der Waals surface area contributed by atoms with Crippen LogP contribution in [-0.2, 0) is 9.59 Å². The summed E-state index contributed by atoms with van der Waals surface area (Å²) in [5.41, 5.74) is 1.06. The molecule has 3 rings (SSSR count). The van der Waals surface area contributed by atoms with Crippen LogP contribution in [0.3, 0.4) is 0 Å². The van der Waals surface area contributed by atoms with Crippen LogP contribution in [0, 0.1) is 0 Å². The normalized spacial score (nSPS) is 22.6. The van der Waals surface area contributed by atoms with E-state index in [0.717, 1.165) is 56.6 Å². The second-order valence-corrected chi connectivity index (χ2v) is 7.46. The van der Waals surface area contributed by atoms with E-state index in [4.69, 9.17) is 4.74 Å². The number of carbonyl (C=O) groups excluding carboxylic acids is 2. The number of para-hydroxylation sites is 2. The minimum absolute atomic E-state index is 0.00558. The molecule has 2 aliphatic heterocycles. The monoisotopic (exact) mass is 373 g/mol. The van der Waals surface area contributed by atoms with Crippen molar-refractivity contribution >= 4 is 17.5 Å². The lowest BCUT2D eigenvalue weighted by atomic mass is 10.00. The number of likely N-dealkylation sites (tertiary alicyclic amines) is 1. The number of carbonyl (C=O) groups is 2. The lowest BCUT2D eigenvalue weighted by molar-refractivity contribution is -0.142. The van der Waals surface area contributed by atoms with E-state index < -0.39 is 0 Å². The van der Waals surface area contributed by atoms with Crippen molar-refractivity contribution in [3.05, 3.63) is 24.3 Å². The van der Waals surface area contributed by atoms with Gasteiger partial charge in [0.2, 0.25) is 11.8 Å². The Morgan fingerprint density at radius 3 is 2.78 bits per heavy atom. The fourth-order valence-electron chi connectivity index (χ4n) is 4.15. The molecule has 27 heavy (non-hydrogen) atoms. The molecule has 2 atom stereocenters. The summed E-state index contributed by atoms with van der Waals surface area (Å²) in [5, 5.41) is 3.20. The molecule has 0 bridgehead atoms. The van der Waals surface area contributed by atoms with Gasteiger partial charge < -0.3 is 19.9 Å². The zero-order chi connectivity index (χ0) is 19.2. The Bertz CT molecular complexity index is 664. The molecule has 148 valence electrons. The first kappa shape index (κ1) is 19.5. The third kappa shape index (κ3) is 4.54. The zero-order valence-electron chi connectivity index (χ0n) is 16.4. The van der Waals surface area contributed by atoms with Gasteiger partial charge in [-0.1, -0.05) is 19.1 Å².